The highest BCUT2D eigenvalue weighted by Crippen LogP contribution is 2.29. The minimum Gasteiger partial charge on any atom is -0.497 e. The molecule has 1 aliphatic rings. The van der Waals surface area contributed by atoms with E-state index in [9.17, 15) is 4.79 Å². The standard InChI is InChI=1S/C17H26N2O4.C2H2O4/c1-12-10-19(11-13(2)23-12)8-7-17(20)18-15-6-5-14(21-3)9-16(15)22-4;3-1(4)2(5)6/h5-6,9,12-13H,7-8,10-11H2,1-4H3,(H,18,20);(H,3,4)(H,5,6). The number of rotatable bonds is 6. The maximum Gasteiger partial charge on any atom is 0.414 e. The van der Waals surface area contributed by atoms with Gasteiger partial charge in [0.05, 0.1) is 32.1 Å². The summed E-state index contributed by atoms with van der Waals surface area (Å²) in [6.07, 6.45) is 0.862. The van der Waals surface area contributed by atoms with Crippen LogP contribution in [0.25, 0.3) is 0 Å². The van der Waals surface area contributed by atoms with Gasteiger partial charge in [-0.1, -0.05) is 0 Å². The van der Waals surface area contributed by atoms with Gasteiger partial charge in [-0.3, -0.25) is 9.69 Å². The van der Waals surface area contributed by atoms with Gasteiger partial charge < -0.3 is 29.7 Å². The monoisotopic (exact) mass is 412 g/mol. The Morgan fingerprint density at radius 2 is 1.69 bits per heavy atom. The second-order valence-electron chi connectivity index (χ2n) is 6.49. The number of anilines is 1. The fraction of sp³-hybridized carbons (Fsp3) is 0.526. The summed E-state index contributed by atoms with van der Waals surface area (Å²) in [5.41, 5.74) is 0.655. The average Bonchev–Trinajstić information content (AvgIpc) is 2.66. The first-order valence-corrected chi connectivity index (χ1v) is 9.02. The number of carbonyl (C=O) groups excluding carboxylic acids is 1. The maximum atomic E-state index is 12.2. The van der Waals surface area contributed by atoms with Crippen molar-refractivity contribution in [3.63, 3.8) is 0 Å². The van der Waals surface area contributed by atoms with Gasteiger partial charge in [0.25, 0.3) is 0 Å². The van der Waals surface area contributed by atoms with Crippen LogP contribution in [0.5, 0.6) is 11.5 Å². The summed E-state index contributed by atoms with van der Waals surface area (Å²) in [6, 6.07) is 5.33. The molecule has 162 valence electrons. The average molecular weight is 412 g/mol. The summed E-state index contributed by atoms with van der Waals surface area (Å²) in [5, 5.41) is 17.7. The lowest BCUT2D eigenvalue weighted by Gasteiger charge is -2.35. The van der Waals surface area contributed by atoms with E-state index in [4.69, 9.17) is 34.0 Å². The van der Waals surface area contributed by atoms with Gasteiger partial charge in [-0.05, 0) is 26.0 Å². The third-order valence-corrected chi connectivity index (χ3v) is 4.02. The van der Waals surface area contributed by atoms with Crippen molar-refractivity contribution in [2.75, 3.05) is 39.2 Å². The summed E-state index contributed by atoms with van der Waals surface area (Å²) >= 11 is 0. The smallest absolute Gasteiger partial charge is 0.414 e. The number of aliphatic carboxylic acids is 2. The van der Waals surface area contributed by atoms with Gasteiger partial charge in [0.1, 0.15) is 11.5 Å². The lowest BCUT2D eigenvalue weighted by molar-refractivity contribution is -0.159. The minimum atomic E-state index is -1.82. The zero-order chi connectivity index (χ0) is 22.0. The third-order valence-electron chi connectivity index (χ3n) is 4.02. The second kappa shape index (κ2) is 11.9. The molecule has 0 bridgehead atoms. The Kier molecular flexibility index (Phi) is 9.90. The summed E-state index contributed by atoms with van der Waals surface area (Å²) in [5.74, 6) is -2.40. The molecule has 2 rings (SSSR count). The van der Waals surface area contributed by atoms with Gasteiger partial charge in [-0.25, -0.2) is 9.59 Å². The van der Waals surface area contributed by atoms with E-state index in [1.807, 2.05) is 0 Å². The highest BCUT2D eigenvalue weighted by molar-refractivity contribution is 6.27. The van der Waals surface area contributed by atoms with Crippen LogP contribution < -0.4 is 14.8 Å². The topological polar surface area (TPSA) is 135 Å². The Balaban J connectivity index is 0.000000612. The van der Waals surface area contributed by atoms with Crippen molar-refractivity contribution < 1.29 is 38.8 Å². The van der Waals surface area contributed by atoms with E-state index in [2.05, 4.69) is 24.1 Å². The van der Waals surface area contributed by atoms with E-state index >= 15 is 0 Å². The summed E-state index contributed by atoms with van der Waals surface area (Å²) in [6.45, 7) is 6.57. The number of benzene rings is 1. The summed E-state index contributed by atoms with van der Waals surface area (Å²) in [7, 11) is 3.16. The highest BCUT2D eigenvalue weighted by Gasteiger charge is 2.22. The van der Waals surface area contributed by atoms with Crippen LogP contribution in [0.2, 0.25) is 0 Å². The van der Waals surface area contributed by atoms with Gasteiger partial charge in [-0.2, -0.15) is 0 Å². The number of hydrogen-bond acceptors (Lipinski definition) is 7. The van der Waals surface area contributed by atoms with Crippen LogP contribution in [0.1, 0.15) is 20.3 Å². The largest absolute Gasteiger partial charge is 0.497 e. The summed E-state index contributed by atoms with van der Waals surface area (Å²) < 4.78 is 16.1. The van der Waals surface area contributed by atoms with Crippen LogP contribution in [-0.2, 0) is 19.1 Å². The van der Waals surface area contributed by atoms with Crippen molar-refractivity contribution >= 4 is 23.5 Å². The van der Waals surface area contributed by atoms with E-state index < -0.39 is 11.9 Å². The highest BCUT2D eigenvalue weighted by atomic mass is 16.5. The van der Waals surface area contributed by atoms with Crippen LogP contribution in [0.3, 0.4) is 0 Å². The molecule has 0 aliphatic carbocycles. The molecule has 0 saturated carbocycles. The first kappa shape index (κ1) is 24.2. The van der Waals surface area contributed by atoms with Crippen molar-refractivity contribution in [2.45, 2.75) is 32.5 Å². The molecule has 10 nitrogen and oxygen atoms in total. The predicted octanol–water partition coefficient (Wildman–Crippen LogP) is 1.30. The van der Waals surface area contributed by atoms with Crippen LogP contribution in [0, 0.1) is 0 Å². The first-order chi connectivity index (χ1) is 13.7. The van der Waals surface area contributed by atoms with Gasteiger partial charge in [0.2, 0.25) is 5.91 Å². The Morgan fingerprint density at radius 1 is 1.10 bits per heavy atom. The molecule has 0 spiro atoms. The molecule has 1 fully saturated rings. The molecule has 3 N–H and O–H groups in total. The molecule has 1 heterocycles. The predicted molar refractivity (Wildman–Crippen MR) is 105 cm³/mol. The number of nitrogens with one attached hydrogen (secondary N) is 1. The Morgan fingerprint density at radius 3 is 2.17 bits per heavy atom. The number of nitrogens with zero attached hydrogens (tertiary/aromatic N) is 1. The molecule has 1 aromatic carbocycles. The molecule has 2 unspecified atom stereocenters. The lowest BCUT2D eigenvalue weighted by Crippen LogP contribution is -2.46. The normalized spacial score (nSPS) is 18.8. The molecule has 1 saturated heterocycles. The molecule has 10 heteroatoms. The fourth-order valence-electron chi connectivity index (χ4n) is 2.84. The van der Waals surface area contributed by atoms with Gasteiger partial charge in [0, 0.05) is 32.1 Å². The van der Waals surface area contributed by atoms with E-state index in [1.165, 1.54) is 0 Å². The zero-order valence-electron chi connectivity index (χ0n) is 17.0. The van der Waals surface area contributed by atoms with Crippen molar-refractivity contribution in [3.8, 4) is 11.5 Å². The molecule has 0 radical (unpaired) electrons. The molecule has 29 heavy (non-hydrogen) atoms. The molecule has 0 aromatic heterocycles. The van der Waals surface area contributed by atoms with Gasteiger partial charge in [-0.15, -0.1) is 0 Å². The number of morpholine rings is 1. The number of amides is 1. The van der Waals surface area contributed by atoms with Crippen molar-refractivity contribution in [3.05, 3.63) is 18.2 Å². The molecule has 1 aromatic rings. The van der Waals surface area contributed by atoms with Gasteiger partial charge in [0.15, 0.2) is 0 Å². The molecular weight excluding hydrogens is 384 g/mol. The van der Waals surface area contributed by atoms with E-state index in [1.54, 1.807) is 32.4 Å². The number of hydrogen-bond donors (Lipinski definition) is 3. The van der Waals surface area contributed by atoms with Gasteiger partial charge >= 0.3 is 11.9 Å². The number of carboxylic acids is 2. The first-order valence-electron chi connectivity index (χ1n) is 9.02. The molecule has 1 amide bonds. The number of carbonyl (C=O) groups is 3. The molecule has 1 aliphatic heterocycles. The van der Waals surface area contributed by atoms with Crippen LogP contribution in [0.15, 0.2) is 18.2 Å². The van der Waals surface area contributed by atoms with E-state index in [0.29, 0.717) is 23.6 Å². The molecule has 2 atom stereocenters. The Bertz CT molecular complexity index is 687. The summed E-state index contributed by atoms with van der Waals surface area (Å²) in [4.78, 5) is 32.7. The Labute approximate surface area is 169 Å². The van der Waals surface area contributed by atoms with Crippen molar-refractivity contribution in [1.29, 1.82) is 0 Å². The van der Waals surface area contributed by atoms with Crippen LogP contribution >= 0.6 is 0 Å². The fourth-order valence-corrected chi connectivity index (χ4v) is 2.84. The minimum absolute atomic E-state index is 0.0275. The SMILES string of the molecule is COc1ccc(NC(=O)CCN2CC(C)OC(C)C2)c(OC)c1.O=C(O)C(=O)O. The Hall–Kier alpha value is -2.85. The number of ether oxygens (including phenoxy) is 3. The second-order valence-corrected chi connectivity index (χ2v) is 6.49. The third kappa shape index (κ3) is 8.79. The van der Waals surface area contributed by atoms with E-state index in [0.717, 1.165) is 19.6 Å². The van der Waals surface area contributed by atoms with Crippen molar-refractivity contribution in [2.24, 2.45) is 0 Å². The maximum absolute atomic E-state index is 12.2. The lowest BCUT2D eigenvalue weighted by atomic mass is 10.2. The van der Waals surface area contributed by atoms with E-state index in [-0.39, 0.29) is 18.1 Å². The quantitative estimate of drug-likeness (QED) is 0.591. The molecular formula is C19H28N2O8. The zero-order valence-corrected chi connectivity index (χ0v) is 17.0. The van der Waals surface area contributed by atoms with Crippen molar-refractivity contribution in [1.82, 2.24) is 4.90 Å². The number of carboxylic acid groups (broad SMARTS) is 2. The number of methoxy groups -OCH3 is 2. The van der Waals surface area contributed by atoms with Crippen LogP contribution in [-0.4, -0.2) is 79.0 Å². The van der Waals surface area contributed by atoms with Crippen LogP contribution in [0.4, 0.5) is 5.69 Å².